The molecule has 5 aromatic rings. The largest absolute Gasteiger partial charge is 0.444 e. The number of carbonyl (C=O) groups is 2. The van der Waals surface area contributed by atoms with Gasteiger partial charge in [0.15, 0.2) is 11.3 Å². The van der Waals surface area contributed by atoms with E-state index in [1.807, 2.05) is 79.9 Å². The molecule has 0 bridgehead atoms. The zero-order valence-corrected chi connectivity index (χ0v) is 37.7. The number of rotatable bonds is 5. The molecule has 2 fully saturated rings. The molecule has 306 valence electrons. The van der Waals surface area contributed by atoms with E-state index in [1.54, 1.807) is 31.2 Å². The van der Waals surface area contributed by atoms with Crippen molar-refractivity contribution in [1.82, 2.24) is 39.0 Å². The van der Waals surface area contributed by atoms with E-state index in [9.17, 15) is 9.59 Å². The Bertz CT molecular complexity index is 2230. The summed E-state index contributed by atoms with van der Waals surface area (Å²) in [7, 11) is 4.04. The molecule has 7 rings (SSSR count). The highest BCUT2D eigenvalue weighted by molar-refractivity contribution is 9.11. The zero-order chi connectivity index (χ0) is 41.2. The second kappa shape index (κ2) is 17.4. The maximum Gasteiger partial charge on any atom is 0.410 e. The van der Waals surface area contributed by atoms with Crippen LogP contribution in [0.15, 0.2) is 57.7 Å². The number of nitrogens with zero attached hydrogens (tertiary/aromatic N) is 9. The summed E-state index contributed by atoms with van der Waals surface area (Å²) in [6, 6.07) is 12.1. The van der Waals surface area contributed by atoms with Crippen molar-refractivity contribution < 1.29 is 19.1 Å². The molecule has 0 spiro atoms. The van der Waals surface area contributed by atoms with E-state index in [-0.39, 0.29) is 24.0 Å². The highest BCUT2D eigenvalue weighted by Gasteiger charge is 2.31. The van der Waals surface area contributed by atoms with E-state index in [4.69, 9.17) is 26.1 Å². The summed E-state index contributed by atoms with van der Waals surface area (Å²) in [6.45, 7) is 13.9. The predicted molar refractivity (Wildman–Crippen MR) is 230 cm³/mol. The lowest BCUT2D eigenvalue weighted by Gasteiger charge is -2.34. The quantitative estimate of drug-likeness (QED) is 0.170. The molecule has 4 aromatic heterocycles. The maximum absolute atomic E-state index is 12.7. The molecule has 14 nitrogen and oxygen atoms in total. The molecule has 1 aromatic carbocycles. The number of aromatic nitrogens is 6. The number of nitrogens with one attached hydrogen (secondary N) is 1. The minimum absolute atomic E-state index is 0.117. The van der Waals surface area contributed by atoms with Crippen LogP contribution in [-0.2, 0) is 9.47 Å². The van der Waals surface area contributed by atoms with Gasteiger partial charge in [-0.2, -0.15) is 14.7 Å². The Morgan fingerprint density at radius 3 is 1.82 bits per heavy atom. The number of ether oxygens (including phenoxy) is 2. The van der Waals surface area contributed by atoms with Gasteiger partial charge in [0.2, 0.25) is 0 Å². The molecule has 0 saturated carbocycles. The molecule has 17 heteroatoms. The van der Waals surface area contributed by atoms with Crippen LogP contribution in [0.25, 0.3) is 11.3 Å². The van der Waals surface area contributed by atoms with Crippen molar-refractivity contribution >= 4 is 84.1 Å². The van der Waals surface area contributed by atoms with Crippen LogP contribution in [0.1, 0.15) is 90.4 Å². The van der Waals surface area contributed by atoms with Crippen LogP contribution in [0.5, 0.6) is 0 Å². The number of carbonyl (C=O) groups excluding carboxylic acids is 2. The lowest BCUT2D eigenvalue weighted by atomic mass is 9.94. The van der Waals surface area contributed by atoms with Crippen LogP contribution in [-0.4, -0.2) is 103 Å². The van der Waals surface area contributed by atoms with Gasteiger partial charge in [-0.25, -0.2) is 24.1 Å². The third-order valence-electron chi connectivity index (χ3n) is 9.47. The van der Waals surface area contributed by atoms with Crippen molar-refractivity contribution in [2.45, 2.75) is 90.3 Å². The van der Waals surface area contributed by atoms with Gasteiger partial charge in [-0.15, -0.1) is 0 Å². The van der Waals surface area contributed by atoms with Gasteiger partial charge in [0.1, 0.15) is 22.2 Å². The highest BCUT2D eigenvalue weighted by atomic mass is 79.9. The lowest BCUT2D eigenvalue weighted by Crippen LogP contribution is -2.42. The molecule has 0 aliphatic carbocycles. The van der Waals surface area contributed by atoms with Crippen LogP contribution >= 0.6 is 43.5 Å². The number of likely N-dealkylation sites (tertiary alicyclic amines) is 2. The first-order valence-electron chi connectivity index (χ1n) is 19.1. The van der Waals surface area contributed by atoms with Crippen molar-refractivity contribution in [2.24, 2.45) is 0 Å². The Balaban J connectivity index is 0.000000203. The summed E-state index contributed by atoms with van der Waals surface area (Å²) >= 11 is 13.3. The molecule has 2 saturated heterocycles. The summed E-state index contributed by atoms with van der Waals surface area (Å²) in [5.74, 6) is 1.08. The van der Waals surface area contributed by atoms with Crippen LogP contribution in [0.2, 0.25) is 5.15 Å². The smallest absolute Gasteiger partial charge is 0.410 e. The van der Waals surface area contributed by atoms with E-state index in [0.717, 1.165) is 68.9 Å². The SMILES string of the molecule is CC(C)(C)OC(=O)N1CCCC(c2cc(Cl)n3ncc(Br)c3n2)C1.CN(C)c1cccc(Nc2cc(C3CCCN(C(=O)OC(C)(C)C)C3)nc3c(Br)cnn23)c1. The minimum atomic E-state index is -0.512. The van der Waals surface area contributed by atoms with Gasteiger partial charge in [0.25, 0.3) is 0 Å². The number of anilines is 3. The number of benzene rings is 1. The number of halogens is 3. The monoisotopic (exact) mass is 928 g/mol. The molecule has 57 heavy (non-hydrogen) atoms. The molecule has 0 radical (unpaired) electrons. The zero-order valence-electron chi connectivity index (χ0n) is 33.7. The second-order valence-electron chi connectivity index (χ2n) is 16.6. The topological polar surface area (TPSA) is 135 Å². The van der Waals surface area contributed by atoms with Crippen LogP contribution in [0, 0.1) is 0 Å². The number of fused-ring (bicyclic) bond motifs is 2. The maximum atomic E-state index is 12.7. The Hall–Kier alpha value is -4.15. The number of piperidine rings is 2. The third-order valence-corrected chi connectivity index (χ3v) is 10.9. The first-order chi connectivity index (χ1) is 26.8. The predicted octanol–water partition coefficient (Wildman–Crippen LogP) is 9.68. The highest BCUT2D eigenvalue weighted by Crippen LogP contribution is 2.33. The van der Waals surface area contributed by atoms with Gasteiger partial charge in [-0.05, 0) is 123 Å². The van der Waals surface area contributed by atoms with Gasteiger partial charge in [-0.3, -0.25) is 0 Å². The van der Waals surface area contributed by atoms with E-state index < -0.39 is 11.2 Å². The Kier molecular flexibility index (Phi) is 12.9. The Morgan fingerprint density at radius 1 is 0.789 bits per heavy atom. The van der Waals surface area contributed by atoms with Crippen molar-refractivity contribution in [3.63, 3.8) is 0 Å². The van der Waals surface area contributed by atoms with E-state index in [1.165, 1.54) is 0 Å². The van der Waals surface area contributed by atoms with E-state index >= 15 is 0 Å². The molecule has 2 amide bonds. The molecular formula is C40H51Br2ClN10O4. The fraction of sp³-hybridized carbons (Fsp3) is 0.500. The summed E-state index contributed by atoms with van der Waals surface area (Å²) in [5, 5.41) is 12.7. The summed E-state index contributed by atoms with van der Waals surface area (Å²) in [4.78, 5) is 40.2. The van der Waals surface area contributed by atoms with Gasteiger partial charge in [-0.1, -0.05) is 17.7 Å². The van der Waals surface area contributed by atoms with Crippen molar-refractivity contribution in [2.75, 3.05) is 50.5 Å². The molecule has 1 N–H and O–H groups in total. The first-order valence-corrected chi connectivity index (χ1v) is 21.1. The molecule has 6 heterocycles. The van der Waals surface area contributed by atoms with Crippen LogP contribution in [0.3, 0.4) is 0 Å². The number of hydrogen-bond acceptors (Lipinski definition) is 10. The van der Waals surface area contributed by atoms with Gasteiger partial charge in [0, 0.05) is 69.6 Å². The number of hydrogen-bond donors (Lipinski definition) is 1. The molecular weight excluding hydrogens is 880 g/mol. The average Bonchev–Trinajstić information content (AvgIpc) is 3.72. The molecule has 2 aliphatic heterocycles. The fourth-order valence-corrected chi connectivity index (χ4v) is 7.74. The third kappa shape index (κ3) is 10.7. The van der Waals surface area contributed by atoms with Crippen LogP contribution in [0.4, 0.5) is 26.8 Å². The Labute approximate surface area is 355 Å². The molecule has 2 unspecified atom stereocenters. The lowest BCUT2D eigenvalue weighted by molar-refractivity contribution is 0.0187. The fourth-order valence-electron chi connectivity index (χ4n) is 6.81. The molecule has 2 atom stereocenters. The van der Waals surface area contributed by atoms with E-state index in [2.05, 4.69) is 69.4 Å². The minimum Gasteiger partial charge on any atom is -0.444 e. The average molecular weight is 931 g/mol. The van der Waals surface area contributed by atoms with Crippen LogP contribution < -0.4 is 10.2 Å². The van der Waals surface area contributed by atoms with Gasteiger partial charge < -0.3 is 29.5 Å². The summed E-state index contributed by atoms with van der Waals surface area (Å²) in [5.41, 5.74) is 4.30. The van der Waals surface area contributed by atoms with Gasteiger partial charge >= 0.3 is 12.2 Å². The second-order valence-corrected chi connectivity index (χ2v) is 18.7. The first kappa shape index (κ1) is 42.5. The summed E-state index contributed by atoms with van der Waals surface area (Å²) in [6.07, 6.45) is 6.63. The summed E-state index contributed by atoms with van der Waals surface area (Å²) < 4.78 is 16.1. The van der Waals surface area contributed by atoms with E-state index in [0.29, 0.717) is 37.0 Å². The van der Waals surface area contributed by atoms with Crippen molar-refractivity contribution in [1.29, 1.82) is 0 Å². The molecule has 2 aliphatic rings. The standard InChI is InChI=1S/C24H31BrN6O2.C16H20BrClN4O2/c1-24(2,3)33-23(32)30-11-7-8-16(15-30)20-13-21(31-22(28-20)19(25)14-26-31)27-17-9-6-10-18(12-17)29(4)5;1-16(2,3)24-15(23)21-6-4-5-10(9-21)12-7-13(18)22-14(20-12)11(17)8-19-22/h6,9-10,12-14,16,27H,7-8,11,15H2,1-5H3;7-8,10H,4-6,9H2,1-3H3. The van der Waals surface area contributed by atoms with Crippen molar-refractivity contribution in [3.05, 3.63) is 74.3 Å². The Morgan fingerprint density at radius 2 is 1.30 bits per heavy atom. The normalized spacial score (nSPS) is 17.6. The van der Waals surface area contributed by atoms with Gasteiger partial charge in [0.05, 0.1) is 32.7 Å². The number of amides is 2. The van der Waals surface area contributed by atoms with Crippen molar-refractivity contribution in [3.8, 4) is 0 Å².